The fourth-order valence-corrected chi connectivity index (χ4v) is 3.44. The van der Waals surface area contributed by atoms with Gasteiger partial charge in [0.05, 0.1) is 18.4 Å². The Morgan fingerprint density at radius 1 is 1.22 bits per heavy atom. The molecule has 0 aliphatic heterocycles. The van der Waals surface area contributed by atoms with Crippen LogP contribution >= 0.6 is 28.1 Å². The Balaban J connectivity index is 1.52. The molecule has 1 aliphatic carbocycles. The molecule has 0 bridgehead atoms. The van der Waals surface area contributed by atoms with Gasteiger partial charge in [-0.3, -0.25) is 4.68 Å². The molecule has 0 saturated heterocycles. The molecule has 23 heavy (non-hydrogen) atoms. The fourth-order valence-electron chi connectivity index (χ4n) is 2.89. The van der Waals surface area contributed by atoms with Crippen molar-refractivity contribution in [2.24, 2.45) is 0 Å². The highest BCUT2D eigenvalue weighted by molar-refractivity contribution is 9.10. The lowest BCUT2D eigenvalue weighted by Gasteiger charge is -2.24. The van der Waals surface area contributed by atoms with E-state index in [1.807, 2.05) is 29.2 Å². The van der Waals surface area contributed by atoms with Gasteiger partial charge in [-0.2, -0.15) is 5.10 Å². The monoisotopic (exact) mass is 392 g/mol. The molecule has 2 aromatic rings. The highest BCUT2D eigenvalue weighted by Gasteiger charge is 2.14. The minimum Gasteiger partial charge on any atom is -0.360 e. The molecule has 0 radical (unpaired) electrons. The van der Waals surface area contributed by atoms with Gasteiger partial charge in [0.15, 0.2) is 5.11 Å². The van der Waals surface area contributed by atoms with Gasteiger partial charge in [0.1, 0.15) is 0 Å². The molecule has 2 N–H and O–H groups in total. The second-order valence-electron chi connectivity index (χ2n) is 5.99. The maximum absolute atomic E-state index is 5.41. The molecular formula is C17H21BrN4S. The maximum Gasteiger partial charge on any atom is 0.171 e. The van der Waals surface area contributed by atoms with E-state index in [2.05, 4.69) is 43.8 Å². The first kappa shape index (κ1) is 16.5. The van der Waals surface area contributed by atoms with Gasteiger partial charge < -0.3 is 10.6 Å². The van der Waals surface area contributed by atoms with E-state index < -0.39 is 0 Å². The molecule has 1 saturated carbocycles. The van der Waals surface area contributed by atoms with E-state index in [4.69, 9.17) is 12.2 Å². The van der Waals surface area contributed by atoms with Gasteiger partial charge in [-0.25, -0.2) is 0 Å². The van der Waals surface area contributed by atoms with Crippen LogP contribution in [0.15, 0.2) is 41.1 Å². The van der Waals surface area contributed by atoms with E-state index in [1.165, 1.54) is 37.7 Å². The number of aromatic nitrogens is 2. The highest BCUT2D eigenvalue weighted by atomic mass is 79.9. The van der Waals surface area contributed by atoms with Crippen LogP contribution in [0.1, 0.15) is 37.7 Å². The van der Waals surface area contributed by atoms with Crippen LogP contribution in [0.25, 0.3) is 0 Å². The largest absolute Gasteiger partial charge is 0.360 e. The predicted octanol–water partition coefficient (Wildman–Crippen LogP) is 4.31. The van der Waals surface area contributed by atoms with Gasteiger partial charge in [-0.1, -0.05) is 47.3 Å². The van der Waals surface area contributed by atoms with Gasteiger partial charge in [0, 0.05) is 16.7 Å². The zero-order valence-electron chi connectivity index (χ0n) is 13.0. The second kappa shape index (κ2) is 7.93. The molecule has 0 amide bonds. The Morgan fingerprint density at radius 3 is 2.70 bits per heavy atom. The number of benzene rings is 1. The summed E-state index contributed by atoms with van der Waals surface area (Å²) in [5.74, 6) is 0. The quantitative estimate of drug-likeness (QED) is 0.760. The summed E-state index contributed by atoms with van der Waals surface area (Å²) in [4.78, 5) is 0. The third-order valence-electron chi connectivity index (χ3n) is 4.09. The van der Waals surface area contributed by atoms with Crippen LogP contribution in [0.4, 0.5) is 5.69 Å². The van der Waals surface area contributed by atoms with Crippen LogP contribution < -0.4 is 10.6 Å². The number of hydrogen-bond acceptors (Lipinski definition) is 2. The molecule has 4 nitrogen and oxygen atoms in total. The molecule has 122 valence electrons. The molecular weight excluding hydrogens is 372 g/mol. The Labute approximate surface area is 150 Å². The van der Waals surface area contributed by atoms with Gasteiger partial charge in [-0.05, 0) is 42.8 Å². The molecule has 1 heterocycles. The summed E-state index contributed by atoms with van der Waals surface area (Å²) in [6.45, 7) is 0.748. The summed E-state index contributed by atoms with van der Waals surface area (Å²) >= 11 is 8.85. The zero-order valence-corrected chi connectivity index (χ0v) is 15.4. The Bertz CT molecular complexity index is 647. The van der Waals surface area contributed by atoms with E-state index in [1.54, 1.807) is 0 Å². The van der Waals surface area contributed by atoms with E-state index in [9.17, 15) is 0 Å². The molecule has 3 rings (SSSR count). The summed E-state index contributed by atoms with van der Waals surface area (Å²) < 4.78 is 3.00. The molecule has 0 spiro atoms. The van der Waals surface area contributed by atoms with Crippen molar-refractivity contribution in [3.8, 4) is 0 Å². The molecule has 0 unspecified atom stereocenters. The molecule has 1 aromatic carbocycles. The average molecular weight is 393 g/mol. The summed E-state index contributed by atoms with van der Waals surface area (Å²) in [6.07, 6.45) is 10.2. The minimum absolute atomic E-state index is 0.515. The average Bonchev–Trinajstić information content (AvgIpc) is 2.97. The summed E-state index contributed by atoms with van der Waals surface area (Å²) in [7, 11) is 0. The Hall–Kier alpha value is -1.40. The van der Waals surface area contributed by atoms with Crippen LogP contribution in [-0.2, 0) is 6.54 Å². The number of nitrogens with one attached hydrogen (secondary N) is 2. The first-order valence-corrected chi connectivity index (χ1v) is 9.23. The van der Waals surface area contributed by atoms with E-state index in [0.29, 0.717) is 11.2 Å². The fraction of sp³-hybridized carbons (Fsp3) is 0.412. The predicted molar refractivity (Wildman–Crippen MR) is 102 cm³/mol. The first-order valence-electron chi connectivity index (χ1n) is 8.03. The number of anilines is 1. The van der Waals surface area contributed by atoms with Crippen LogP contribution in [0, 0.1) is 0 Å². The van der Waals surface area contributed by atoms with Crippen LogP contribution in [0.2, 0.25) is 0 Å². The van der Waals surface area contributed by atoms with Gasteiger partial charge in [0.2, 0.25) is 0 Å². The lowest BCUT2D eigenvalue weighted by Crippen LogP contribution is -2.38. The van der Waals surface area contributed by atoms with Crippen LogP contribution in [0.3, 0.4) is 0 Å². The lowest BCUT2D eigenvalue weighted by molar-refractivity contribution is 0.415. The zero-order chi connectivity index (χ0) is 16.1. The third-order valence-corrected chi connectivity index (χ3v) is 4.84. The summed E-state index contributed by atoms with van der Waals surface area (Å²) in [5, 5.41) is 11.7. The van der Waals surface area contributed by atoms with Gasteiger partial charge in [0.25, 0.3) is 0 Å². The highest BCUT2D eigenvalue weighted by Crippen LogP contribution is 2.17. The number of halogens is 1. The van der Waals surface area contributed by atoms with Crippen molar-refractivity contribution in [1.82, 2.24) is 15.1 Å². The van der Waals surface area contributed by atoms with Crippen molar-refractivity contribution in [1.29, 1.82) is 0 Å². The van der Waals surface area contributed by atoms with Gasteiger partial charge in [-0.15, -0.1) is 0 Å². The standard InChI is InChI=1S/C17H21BrN4S/c18-14-8-6-13(7-9-14)11-22-12-16(10-19-22)21-17(23)20-15-4-2-1-3-5-15/h6-10,12,15H,1-5,11H2,(H2,20,21,23). The third kappa shape index (κ3) is 5.04. The van der Waals surface area contributed by atoms with Crippen molar-refractivity contribution < 1.29 is 0 Å². The van der Waals surface area contributed by atoms with E-state index in [-0.39, 0.29) is 0 Å². The van der Waals surface area contributed by atoms with Gasteiger partial charge >= 0.3 is 0 Å². The van der Waals surface area contributed by atoms with Crippen molar-refractivity contribution in [3.05, 3.63) is 46.7 Å². The summed E-state index contributed by atoms with van der Waals surface area (Å²) in [5.41, 5.74) is 2.14. The van der Waals surface area contributed by atoms with Crippen LogP contribution in [-0.4, -0.2) is 20.9 Å². The number of thiocarbonyl (C=S) groups is 1. The Kier molecular flexibility index (Phi) is 5.67. The normalized spacial score (nSPS) is 15.3. The second-order valence-corrected chi connectivity index (χ2v) is 7.31. The molecule has 1 aromatic heterocycles. The van der Waals surface area contributed by atoms with E-state index in [0.717, 1.165) is 16.7 Å². The molecule has 1 fully saturated rings. The number of hydrogen-bond donors (Lipinski definition) is 2. The SMILES string of the molecule is S=C(Nc1cnn(Cc2ccc(Br)cc2)c1)NC1CCCCC1. The van der Waals surface area contributed by atoms with Crippen LogP contribution in [0.5, 0.6) is 0 Å². The molecule has 6 heteroatoms. The van der Waals surface area contributed by atoms with Crippen molar-refractivity contribution >= 4 is 38.9 Å². The number of rotatable bonds is 4. The smallest absolute Gasteiger partial charge is 0.171 e. The lowest BCUT2D eigenvalue weighted by atomic mass is 9.96. The minimum atomic E-state index is 0.515. The summed E-state index contributed by atoms with van der Waals surface area (Å²) in [6, 6.07) is 8.78. The maximum atomic E-state index is 5.41. The Morgan fingerprint density at radius 2 is 1.96 bits per heavy atom. The molecule has 0 atom stereocenters. The van der Waals surface area contributed by atoms with Crippen molar-refractivity contribution in [2.75, 3.05) is 5.32 Å². The first-order chi connectivity index (χ1) is 11.2. The number of nitrogens with zero attached hydrogens (tertiary/aromatic N) is 2. The van der Waals surface area contributed by atoms with E-state index >= 15 is 0 Å². The van der Waals surface area contributed by atoms with Crippen molar-refractivity contribution in [2.45, 2.75) is 44.7 Å². The van der Waals surface area contributed by atoms with Crippen molar-refractivity contribution in [3.63, 3.8) is 0 Å². The topological polar surface area (TPSA) is 41.9 Å². The molecule has 1 aliphatic rings.